The van der Waals surface area contributed by atoms with Gasteiger partial charge in [0.15, 0.2) is 0 Å². The highest BCUT2D eigenvalue weighted by atomic mass is 16.5. The van der Waals surface area contributed by atoms with Crippen molar-refractivity contribution in [2.45, 2.75) is 78.2 Å². The van der Waals surface area contributed by atoms with E-state index < -0.39 is 0 Å². The van der Waals surface area contributed by atoms with Crippen LogP contribution in [0.1, 0.15) is 72.6 Å². The van der Waals surface area contributed by atoms with Gasteiger partial charge in [0.25, 0.3) is 0 Å². The minimum absolute atomic E-state index is 0.0571. The number of carbonyl (C=O) groups excluding carboxylic acids is 1. The predicted molar refractivity (Wildman–Crippen MR) is 106 cm³/mol. The van der Waals surface area contributed by atoms with E-state index in [4.69, 9.17) is 9.47 Å². The lowest BCUT2D eigenvalue weighted by Crippen LogP contribution is -2.42. The van der Waals surface area contributed by atoms with Crippen LogP contribution in [0.3, 0.4) is 0 Å². The Hall–Kier alpha value is -0.610. The van der Waals surface area contributed by atoms with Crippen molar-refractivity contribution in [1.29, 1.82) is 0 Å². The lowest BCUT2D eigenvalue weighted by molar-refractivity contribution is -0.136. The molecule has 1 saturated heterocycles. The van der Waals surface area contributed by atoms with E-state index in [1.54, 1.807) is 0 Å². The average Bonchev–Trinajstić information content (AvgIpc) is 2.65. The van der Waals surface area contributed by atoms with Gasteiger partial charge in [-0.1, -0.05) is 27.7 Å². The van der Waals surface area contributed by atoms with Gasteiger partial charge < -0.3 is 14.4 Å². The van der Waals surface area contributed by atoms with Crippen LogP contribution >= 0.6 is 0 Å². The summed E-state index contributed by atoms with van der Waals surface area (Å²) in [5, 5.41) is 0. The summed E-state index contributed by atoms with van der Waals surface area (Å²) in [5.74, 6) is 2.74. The van der Waals surface area contributed by atoms with E-state index >= 15 is 0 Å². The van der Waals surface area contributed by atoms with Gasteiger partial charge in [-0.2, -0.15) is 0 Å². The summed E-state index contributed by atoms with van der Waals surface area (Å²) >= 11 is 0. The second kappa shape index (κ2) is 10.1. The number of hydrogen-bond acceptors (Lipinski definition) is 3. The molecule has 0 N–H and O–H groups in total. The van der Waals surface area contributed by atoms with Crippen LogP contribution in [-0.4, -0.2) is 49.8 Å². The summed E-state index contributed by atoms with van der Waals surface area (Å²) in [6.07, 6.45) is 8.12. The molecule has 0 atom stereocenters. The van der Waals surface area contributed by atoms with Gasteiger partial charge in [-0.15, -0.1) is 0 Å². The summed E-state index contributed by atoms with van der Waals surface area (Å²) in [7, 11) is 1.85. The molecule has 4 nitrogen and oxygen atoms in total. The van der Waals surface area contributed by atoms with E-state index in [1.807, 2.05) is 25.9 Å². The molecule has 0 bridgehead atoms. The zero-order chi connectivity index (χ0) is 19.2. The van der Waals surface area contributed by atoms with Crippen molar-refractivity contribution in [3.8, 4) is 0 Å². The predicted octanol–water partition coefficient (Wildman–Crippen LogP) is 4.52. The van der Waals surface area contributed by atoms with Crippen molar-refractivity contribution in [3.63, 3.8) is 0 Å². The van der Waals surface area contributed by atoms with Gasteiger partial charge in [-0.05, 0) is 62.7 Å². The first-order valence-corrected chi connectivity index (χ1v) is 10.8. The molecule has 2 rings (SSSR count). The van der Waals surface area contributed by atoms with Crippen LogP contribution in [0.2, 0.25) is 0 Å². The lowest BCUT2D eigenvalue weighted by atomic mass is 9.75. The molecule has 1 aliphatic heterocycles. The van der Waals surface area contributed by atoms with E-state index in [1.165, 1.54) is 12.8 Å². The molecule has 1 aliphatic carbocycles. The van der Waals surface area contributed by atoms with Gasteiger partial charge >= 0.3 is 0 Å². The third-order valence-corrected chi connectivity index (χ3v) is 6.77. The van der Waals surface area contributed by atoms with Gasteiger partial charge in [0, 0.05) is 32.7 Å². The summed E-state index contributed by atoms with van der Waals surface area (Å²) in [6.45, 7) is 12.0. The molecule has 0 spiro atoms. The molecule has 4 heteroatoms. The van der Waals surface area contributed by atoms with Crippen molar-refractivity contribution >= 4 is 5.91 Å². The standard InChI is InChI=1S/C22H41NO3/c1-17(2)20-6-11-22(25-5,12-7-20)16-26-15-10-19-8-13-23(14-9-19)21(24)18(3)4/h17-20H,6-16H2,1-5H3. The van der Waals surface area contributed by atoms with Gasteiger partial charge in [0.05, 0.1) is 12.2 Å². The summed E-state index contributed by atoms with van der Waals surface area (Å²) in [4.78, 5) is 14.1. The third kappa shape index (κ3) is 5.95. The Labute approximate surface area is 161 Å². The topological polar surface area (TPSA) is 38.8 Å². The fraction of sp³-hybridized carbons (Fsp3) is 0.955. The first kappa shape index (κ1) is 21.7. The van der Waals surface area contributed by atoms with Crippen LogP contribution in [0.4, 0.5) is 0 Å². The molecule has 0 aromatic carbocycles. The Morgan fingerprint density at radius 3 is 2.19 bits per heavy atom. The number of piperidine rings is 1. The maximum Gasteiger partial charge on any atom is 0.225 e. The Balaban J connectivity index is 1.64. The van der Waals surface area contributed by atoms with Crippen LogP contribution in [-0.2, 0) is 14.3 Å². The van der Waals surface area contributed by atoms with Crippen LogP contribution in [0.25, 0.3) is 0 Å². The fourth-order valence-corrected chi connectivity index (χ4v) is 4.56. The second-order valence-corrected chi connectivity index (χ2v) is 9.23. The smallest absolute Gasteiger partial charge is 0.225 e. The molecule has 1 heterocycles. The van der Waals surface area contributed by atoms with Crippen molar-refractivity contribution in [3.05, 3.63) is 0 Å². The van der Waals surface area contributed by atoms with E-state index in [2.05, 4.69) is 13.8 Å². The highest BCUT2D eigenvalue weighted by Crippen LogP contribution is 2.38. The molecule has 1 saturated carbocycles. The monoisotopic (exact) mass is 367 g/mol. The zero-order valence-electron chi connectivity index (χ0n) is 17.8. The van der Waals surface area contributed by atoms with Gasteiger partial charge in [0.1, 0.15) is 0 Å². The third-order valence-electron chi connectivity index (χ3n) is 6.77. The highest BCUT2D eigenvalue weighted by Gasteiger charge is 2.36. The minimum atomic E-state index is -0.0571. The molecular formula is C22H41NO3. The first-order valence-electron chi connectivity index (χ1n) is 10.8. The molecular weight excluding hydrogens is 326 g/mol. The molecule has 26 heavy (non-hydrogen) atoms. The average molecular weight is 368 g/mol. The molecule has 0 unspecified atom stereocenters. The molecule has 152 valence electrons. The SMILES string of the molecule is COC1(COCCC2CCN(C(=O)C(C)C)CC2)CCC(C(C)C)CC1. The first-order chi connectivity index (χ1) is 12.4. The summed E-state index contributed by atoms with van der Waals surface area (Å²) < 4.78 is 12.0. The molecule has 1 amide bonds. The van der Waals surface area contributed by atoms with E-state index in [0.717, 1.165) is 70.2 Å². The fourth-order valence-electron chi connectivity index (χ4n) is 4.56. The van der Waals surface area contributed by atoms with Crippen LogP contribution in [0.5, 0.6) is 0 Å². The van der Waals surface area contributed by atoms with Crippen molar-refractivity contribution < 1.29 is 14.3 Å². The Morgan fingerprint density at radius 1 is 1.08 bits per heavy atom. The van der Waals surface area contributed by atoms with Crippen LogP contribution in [0, 0.1) is 23.7 Å². The van der Waals surface area contributed by atoms with Crippen molar-refractivity contribution in [1.82, 2.24) is 4.90 Å². The number of likely N-dealkylation sites (tertiary alicyclic amines) is 1. The lowest BCUT2D eigenvalue weighted by Gasteiger charge is -2.40. The number of ether oxygens (including phenoxy) is 2. The summed E-state index contributed by atoms with van der Waals surface area (Å²) in [5.41, 5.74) is -0.0571. The number of carbonyl (C=O) groups is 1. The van der Waals surface area contributed by atoms with Gasteiger partial charge in [-0.25, -0.2) is 0 Å². The van der Waals surface area contributed by atoms with Crippen molar-refractivity contribution in [2.75, 3.05) is 33.4 Å². The number of hydrogen-bond donors (Lipinski definition) is 0. The van der Waals surface area contributed by atoms with Crippen molar-refractivity contribution in [2.24, 2.45) is 23.7 Å². The maximum atomic E-state index is 12.1. The number of rotatable bonds is 8. The Morgan fingerprint density at radius 2 is 1.69 bits per heavy atom. The number of methoxy groups -OCH3 is 1. The van der Waals surface area contributed by atoms with E-state index in [0.29, 0.717) is 11.8 Å². The second-order valence-electron chi connectivity index (χ2n) is 9.23. The molecule has 2 aliphatic rings. The Bertz CT molecular complexity index is 419. The largest absolute Gasteiger partial charge is 0.378 e. The normalized spacial score (nSPS) is 28.1. The number of nitrogens with zero attached hydrogens (tertiary/aromatic N) is 1. The zero-order valence-corrected chi connectivity index (χ0v) is 17.8. The Kier molecular flexibility index (Phi) is 8.41. The molecule has 0 aromatic rings. The molecule has 2 fully saturated rings. The maximum absolute atomic E-state index is 12.1. The van der Waals surface area contributed by atoms with Crippen LogP contribution in [0.15, 0.2) is 0 Å². The highest BCUT2D eigenvalue weighted by molar-refractivity contribution is 5.78. The van der Waals surface area contributed by atoms with E-state index in [-0.39, 0.29) is 11.5 Å². The summed E-state index contributed by atoms with van der Waals surface area (Å²) in [6, 6.07) is 0. The quantitative estimate of drug-likeness (QED) is 0.592. The van der Waals surface area contributed by atoms with Gasteiger partial charge in [0.2, 0.25) is 5.91 Å². The molecule has 0 radical (unpaired) electrons. The van der Waals surface area contributed by atoms with Gasteiger partial charge in [-0.3, -0.25) is 4.79 Å². The van der Waals surface area contributed by atoms with E-state index in [9.17, 15) is 4.79 Å². The number of amides is 1. The molecule has 0 aromatic heterocycles. The minimum Gasteiger partial charge on any atom is -0.378 e. The van der Waals surface area contributed by atoms with Crippen LogP contribution < -0.4 is 0 Å².